The molecule has 0 aliphatic rings. The van der Waals surface area contributed by atoms with Crippen molar-refractivity contribution < 1.29 is 14.1 Å². The normalized spacial score (nSPS) is 15.1. The van der Waals surface area contributed by atoms with Crippen molar-refractivity contribution in [2.75, 3.05) is 0 Å². The fourth-order valence-electron chi connectivity index (χ4n) is 2.78. The van der Waals surface area contributed by atoms with Crippen LogP contribution in [0.2, 0.25) is 0 Å². The molecule has 0 amide bonds. The Hall–Kier alpha value is -1.98. The molecular formula is C22H29NO3S. The summed E-state index contributed by atoms with van der Waals surface area (Å²) >= 11 is 0. The number of nitrogens with one attached hydrogen (secondary N) is 1. The van der Waals surface area contributed by atoms with E-state index in [1.165, 1.54) is 0 Å². The molecule has 0 unspecified atom stereocenters. The summed E-state index contributed by atoms with van der Waals surface area (Å²) in [5, 5.41) is 9.25. The van der Waals surface area contributed by atoms with Crippen molar-refractivity contribution in [2.24, 2.45) is 5.92 Å². The van der Waals surface area contributed by atoms with E-state index in [9.17, 15) is 14.1 Å². The number of aliphatic carboxylic acids is 1. The van der Waals surface area contributed by atoms with Crippen molar-refractivity contribution >= 4 is 17.0 Å². The fraction of sp³-hybridized carbons (Fsp3) is 0.409. The molecular weight excluding hydrogens is 358 g/mol. The molecule has 0 radical (unpaired) electrons. The maximum atomic E-state index is 12.5. The zero-order valence-electron chi connectivity index (χ0n) is 16.4. The Morgan fingerprint density at radius 3 is 2.11 bits per heavy atom. The van der Waals surface area contributed by atoms with E-state index >= 15 is 0 Å². The Bertz CT molecular complexity index is 766. The van der Waals surface area contributed by atoms with Crippen LogP contribution in [0.25, 0.3) is 11.1 Å². The minimum Gasteiger partial charge on any atom is -0.481 e. The van der Waals surface area contributed by atoms with E-state index < -0.39 is 27.6 Å². The smallest absolute Gasteiger partial charge is 0.306 e. The Labute approximate surface area is 164 Å². The van der Waals surface area contributed by atoms with Crippen molar-refractivity contribution in [1.29, 1.82) is 0 Å². The molecule has 2 rings (SSSR count). The van der Waals surface area contributed by atoms with Crippen LogP contribution in [0.5, 0.6) is 0 Å². The summed E-state index contributed by atoms with van der Waals surface area (Å²) in [6, 6.07) is 18.3. The third-order valence-corrected chi connectivity index (χ3v) is 6.09. The number of hydrogen-bond donors (Lipinski definition) is 2. The molecule has 5 heteroatoms. The van der Waals surface area contributed by atoms with Gasteiger partial charge in [0.1, 0.15) is 0 Å². The Morgan fingerprint density at radius 2 is 1.59 bits per heavy atom. The zero-order valence-corrected chi connectivity index (χ0v) is 17.3. The number of benzene rings is 2. The maximum absolute atomic E-state index is 12.5. The van der Waals surface area contributed by atoms with Gasteiger partial charge < -0.3 is 5.11 Å². The predicted octanol–water partition coefficient (Wildman–Crippen LogP) is 4.43. The first kappa shape index (κ1) is 21.3. The standard InChI is InChI=1S/C22H29NO3S/c1-16(21(24)25)14-20(23-27(26)22(2,3)4)15-17-10-12-19(13-11-17)18-8-6-5-7-9-18/h5-13,16,20,23H,14-15H2,1-4H3,(H,24,25)/t16-,20+,27+/m1/s1. The summed E-state index contributed by atoms with van der Waals surface area (Å²) in [5.41, 5.74) is 3.39. The van der Waals surface area contributed by atoms with E-state index in [2.05, 4.69) is 41.1 Å². The van der Waals surface area contributed by atoms with Crippen molar-refractivity contribution in [1.82, 2.24) is 4.72 Å². The van der Waals surface area contributed by atoms with Gasteiger partial charge in [-0.3, -0.25) is 4.79 Å². The van der Waals surface area contributed by atoms with Crippen molar-refractivity contribution in [2.45, 2.75) is 51.3 Å². The third kappa shape index (κ3) is 6.60. The molecule has 0 aromatic heterocycles. The lowest BCUT2D eigenvalue weighted by molar-refractivity contribution is -0.141. The van der Waals surface area contributed by atoms with Gasteiger partial charge in [-0.1, -0.05) is 61.5 Å². The van der Waals surface area contributed by atoms with Gasteiger partial charge in [0.15, 0.2) is 0 Å². The molecule has 2 N–H and O–H groups in total. The number of carbonyl (C=O) groups is 1. The first-order chi connectivity index (χ1) is 12.7. The minimum atomic E-state index is -1.25. The van der Waals surface area contributed by atoms with Crippen LogP contribution in [0.3, 0.4) is 0 Å². The van der Waals surface area contributed by atoms with Crippen LogP contribution in [0.4, 0.5) is 0 Å². The third-order valence-electron chi connectivity index (χ3n) is 4.43. The van der Waals surface area contributed by atoms with E-state index in [0.29, 0.717) is 12.8 Å². The van der Waals surface area contributed by atoms with E-state index in [4.69, 9.17) is 0 Å². The second-order valence-corrected chi connectivity index (χ2v) is 9.94. The van der Waals surface area contributed by atoms with Gasteiger partial charge in [-0.05, 0) is 50.3 Å². The predicted molar refractivity (Wildman–Crippen MR) is 112 cm³/mol. The van der Waals surface area contributed by atoms with Gasteiger partial charge in [-0.25, -0.2) is 8.93 Å². The molecule has 0 fully saturated rings. The summed E-state index contributed by atoms with van der Waals surface area (Å²) in [5.74, 6) is -1.33. The van der Waals surface area contributed by atoms with Crippen LogP contribution in [0.1, 0.15) is 39.7 Å². The molecule has 0 spiro atoms. The zero-order chi connectivity index (χ0) is 20.0. The topological polar surface area (TPSA) is 66.4 Å². The molecule has 0 bridgehead atoms. The average Bonchev–Trinajstić information content (AvgIpc) is 2.62. The lowest BCUT2D eigenvalue weighted by Gasteiger charge is -2.25. The molecule has 2 aromatic rings. The molecule has 0 heterocycles. The van der Waals surface area contributed by atoms with E-state index in [1.54, 1.807) is 6.92 Å². The highest BCUT2D eigenvalue weighted by molar-refractivity contribution is 7.84. The molecule has 3 atom stereocenters. The molecule has 0 saturated carbocycles. The molecule has 27 heavy (non-hydrogen) atoms. The van der Waals surface area contributed by atoms with Crippen LogP contribution < -0.4 is 4.72 Å². The number of carboxylic acids is 1. The second kappa shape index (κ2) is 9.29. The Morgan fingerprint density at radius 1 is 1.04 bits per heavy atom. The fourth-order valence-corrected chi connectivity index (χ4v) is 3.61. The molecule has 2 aromatic carbocycles. The van der Waals surface area contributed by atoms with E-state index in [0.717, 1.165) is 16.7 Å². The highest BCUT2D eigenvalue weighted by atomic mass is 32.2. The highest BCUT2D eigenvalue weighted by Gasteiger charge is 2.25. The molecule has 146 valence electrons. The van der Waals surface area contributed by atoms with Crippen LogP contribution in [-0.2, 0) is 22.2 Å². The number of carboxylic acid groups (broad SMARTS) is 1. The summed E-state index contributed by atoms with van der Waals surface area (Å²) < 4.78 is 15.3. The molecule has 0 saturated heterocycles. The highest BCUT2D eigenvalue weighted by Crippen LogP contribution is 2.21. The van der Waals surface area contributed by atoms with Gasteiger partial charge in [0.2, 0.25) is 0 Å². The monoisotopic (exact) mass is 387 g/mol. The summed E-state index contributed by atoms with van der Waals surface area (Å²) in [7, 11) is -1.25. The Balaban J connectivity index is 2.13. The summed E-state index contributed by atoms with van der Waals surface area (Å²) in [4.78, 5) is 11.3. The SMILES string of the molecule is C[C@H](C[C@@H](Cc1ccc(-c2ccccc2)cc1)N[S@@](=O)C(C)(C)C)C(=O)O. The number of hydrogen-bond acceptors (Lipinski definition) is 2. The molecule has 0 aliphatic heterocycles. The first-order valence-electron chi connectivity index (χ1n) is 9.22. The van der Waals surface area contributed by atoms with Crippen LogP contribution >= 0.6 is 0 Å². The van der Waals surface area contributed by atoms with E-state index in [1.807, 2.05) is 39.0 Å². The largest absolute Gasteiger partial charge is 0.481 e. The van der Waals surface area contributed by atoms with Gasteiger partial charge in [0.05, 0.1) is 21.7 Å². The summed E-state index contributed by atoms with van der Waals surface area (Å²) in [6.45, 7) is 7.41. The van der Waals surface area contributed by atoms with Gasteiger partial charge in [-0.2, -0.15) is 0 Å². The van der Waals surface area contributed by atoms with Crippen LogP contribution in [0.15, 0.2) is 54.6 Å². The second-order valence-electron chi connectivity index (χ2n) is 7.94. The lowest BCUT2D eigenvalue weighted by Crippen LogP contribution is -2.42. The van der Waals surface area contributed by atoms with Crippen molar-refractivity contribution in [3.05, 3.63) is 60.2 Å². The van der Waals surface area contributed by atoms with Crippen LogP contribution in [-0.4, -0.2) is 26.1 Å². The van der Waals surface area contributed by atoms with Gasteiger partial charge in [-0.15, -0.1) is 0 Å². The lowest BCUT2D eigenvalue weighted by atomic mass is 9.95. The van der Waals surface area contributed by atoms with Gasteiger partial charge in [0, 0.05) is 6.04 Å². The average molecular weight is 388 g/mol. The minimum absolute atomic E-state index is 0.168. The quantitative estimate of drug-likeness (QED) is 0.704. The number of rotatable bonds is 8. The van der Waals surface area contributed by atoms with Gasteiger partial charge in [0.25, 0.3) is 0 Å². The molecule has 4 nitrogen and oxygen atoms in total. The van der Waals surface area contributed by atoms with Crippen molar-refractivity contribution in [3.63, 3.8) is 0 Å². The van der Waals surface area contributed by atoms with E-state index in [-0.39, 0.29) is 6.04 Å². The van der Waals surface area contributed by atoms with Crippen LogP contribution in [0, 0.1) is 5.92 Å². The first-order valence-corrected chi connectivity index (χ1v) is 10.4. The summed E-state index contributed by atoms with van der Waals surface area (Å²) in [6.07, 6.45) is 1.06. The van der Waals surface area contributed by atoms with Gasteiger partial charge >= 0.3 is 5.97 Å². The van der Waals surface area contributed by atoms with Crippen molar-refractivity contribution in [3.8, 4) is 11.1 Å². The Kier molecular flexibility index (Phi) is 7.33. The maximum Gasteiger partial charge on any atom is 0.306 e. The molecule has 0 aliphatic carbocycles.